The molecule has 7 nitrogen and oxygen atoms in total. The lowest BCUT2D eigenvalue weighted by Gasteiger charge is -2.44. The zero-order chi connectivity index (χ0) is 26.2. The van der Waals surface area contributed by atoms with Crippen LogP contribution in [-0.4, -0.2) is 60.2 Å². The maximum Gasteiger partial charge on any atom is 0.315 e. The molecule has 1 amide bonds. The van der Waals surface area contributed by atoms with E-state index in [1.54, 1.807) is 0 Å². The van der Waals surface area contributed by atoms with E-state index in [4.69, 9.17) is 20.7 Å². The van der Waals surface area contributed by atoms with Gasteiger partial charge in [0, 0.05) is 22.5 Å². The van der Waals surface area contributed by atoms with Gasteiger partial charge in [-0.2, -0.15) is 4.37 Å². The molecule has 204 valence electrons. The highest BCUT2D eigenvalue weighted by Gasteiger charge is 2.37. The van der Waals surface area contributed by atoms with E-state index in [1.807, 2.05) is 32.9 Å². The fourth-order valence-electron chi connectivity index (χ4n) is 5.00. The Morgan fingerprint density at radius 3 is 2.71 bits per heavy atom. The van der Waals surface area contributed by atoms with E-state index in [1.165, 1.54) is 21.6 Å². The quantitative estimate of drug-likeness (QED) is 0.218. The van der Waals surface area contributed by atoms with Crippen molar-refractivity contribution in [2.75, 3.05) is 49.7 Å². The molecule has 1 N–H and O–H groups in total. The maximum absolute atomic E-state index is 12.9. The highest BCUT2D eigenvalue weighted by Crippen LogP contribution is 2.33. The molecule has 0 atom stereocenters. The molecule has 0 bridgehead atoms. The Labute approximate surface area is 234 Å². The number of ether oxygens (including phenoxy) is 1. The van der Waals surface area contributed by atoms with Gasteiger partial charge in [-0.1, -0.05) is 36.7 Å². The summed E-state index contributed by atoms with van der Waals surface area (Å²) in [5.41, 5.74) is 2.33. The van der Waals surface area contributed by atoms with Crippen molar-refractivity contribution in [3.05, 3.63) is 60.0 Å². The number of rotatable bonds is 8. The Morgan fingerprint density at radius 2 is 1.97 bits per heavy atom. The van der Waals surface area contributed by atoms with Crippen LogP contribution >= 0.6 is 23.1 Å². The van der Waals surface area contributed by atoms with E-state index in [0.717, 1.165) is 68.2 Å². The van der Waals surface area contributed by atoms with E-state index in [9.17, 15) is 9.59 Å². The molecule has 3 heterocycles. The number of hydrogen-bond acceptors (Lipinski definition) is 6. The second-order valence-electron chi connectivity index (χ2n) is 10.9. The number of fused-ring (bicyclic) bond motifs is 2. The first-order valence-corrected chi connectivity index (χ1v) is 14.1. The monoisotopic (exact) mass is 556 g/mol. The van der Waals surface area contributed by atoms with Crippen molar-refractivity contribution < 1.29 is 18.8 Å². The summed E-state index contributed by atoms with van der Waals surface area (Å²) in [4.78, 5) is 27.0. The van der Waals surface area contributed by atoms with Crippen LogP contribution in [0.25, 0.3) is 10.1 Å². The van der Waals surface area contributed by atoms with E-state index < -0.39 is 5.41 Å². The molecule has 1 aromatic heterocycles. The topological polar surface area (TPSA) is 71.5 Å². The van der Waals surface area contributed by atoms with Gasteiger partial charge in [0.15, 0.2) is 5.82 Å². The Morgan fingerprint density at radius 1 is 1.24 bits per heavy atom. The summed E-state index contributed by atoms with van der Waals surface area (Å²) in [5, 5.41) is 4.72. The van der Waals surface area contributed by atoms with E-state index in [-0.39, 0.29) is 19.3 Å². The maximum atomic E-state index is 12.9. The number of carbonyl (C=O) groups excluding carboxylic acids is 2. The number of hydrogen-bond donors (Lipinski definition) is 1. The predicted octanol–water partition coefficient (Wildman–Crippen LogP) is 5.71. The normalized spacial score (nSPS) is 16.6. The molecule has 0 radical (unpaired) electrons. The van der Waals surface area contributed by atoms with Crippen LogP contribution in [0, 0.1) is 12.8 Å². The third kappa shape index (κ3) is 5.67. The third-order valence-corrected chi connectivity index (χ3v) is 9.17. The number of nitrogens with zero attached hydrogens (tertiary/aromatic N) is 3. The van der Waals surface area contributed by atoms with Crippen LogP contribution in [0.4, 0.5) is 11.5 Å². The van der Waals surface area contributed by atoms with Gasteiger partial charge in [0.1, 0.15) is 0 Å². The van der Waals surface area contributed by atoms with Crippen LogP contribution in [0.5, 0.6) is 0 Å². The summed E-state index contributed by atoms with van der Waals surface area (Å²) < 4.78 is 12.6. The molecule has 2 aliphatic heterocycles. The van der Waals surface area contributed by atoms with Gasteiger partial charge < -0.3 is 22.4 Å². The zero-order valence-electron chi connectivity index (χ0n) is 22.7. The summed E-state index contributed by atoms with van der Waals surface area (Å²) in [6, 6.07) is 12.3. The molecule has 1 fully saturated rings. The second-order valence-corrected chi connectivity index (χ2v) is 12.1. The van der Waals surface area contributed by atoms with Crippen LogP contribution in [0.3, 0.4) is 0 Å². The number of anilines is 2. The molecule has 5 rings (SSSR count). The van der Waals surface area contributed by atoms with Crippen molar-refractivity contribution in [1.82, 2.24) is 4.37 Å². The molecule has 0 aliphatic carbocycles. The van der Waals surface area contributed by atoms with Gasteiger partial charge >= 0.3 is 5.97 Å². The van der Waals surface area contributed by atoms with Crippen molar-refractivity contribution >= 4 is 56.6 Å². The highest BCUT2D eigenvalue weighted by atomic mass is 35.5. The molecule has 2 aromatic carbocycles. The number of halogens is 1. The van der Waals surface area contributed by atoms with Crippen molar-refractivity contribution in [2.24, 2.45) is 5.41 Å². The lowest BCUT2D eigenvalue weighted by atomic mass is 9.91. The van der Waals surface area contributed by atoms with Crippen LogP contribution in [0.2, 0.25) is 5.02 Å². The number of benzene rings is 2. The minimum atomic E-state index is -0.506. The number of piperazine rings is 1. The average Bonchev–Trinajstić information content (AvgIpc) is 3.48. The highest BCUT2D eigenvalue weighted by molar-refractivity contribution is 7.13. The largest absolute Gasteiger partial charge is 0.415 e. The second kappa shape index (κ2) is 11.2. The Hall–Kier alpha value is -2.68. The van der Waals surface area contributed by atoms with Gasteiger partial charge in [0.05, 0.1) is 49.3 Å². The molecular weight excluding hydrogens is 520 g/mol. The molecule has 0 unspecified atom stereocenters. The molecule has 0 spiro atoms. The van der Waals surface area contributed by atoms with E-state index in [0.29, 0.717) is 22.7 Å². The molecule has 9 heteroatoms. The lowest BCUT2D eigenvalue weighted by molar-refractivity contribution is -0.944. The van der Waals surface area contributed by atoms with Crippen LogP contribution in [0.15, 0.2) is 36.4 Å². The Kier molecular flexibility index (Phi) is 8.35. The average molecular weight is 557 g/mol. The predicted molar refractivity (Wildman–Crippen MR) is 156 cm³/mol. The third-order valence-electron chi connectivity index (χ3n) is 8.01. The summed E-state index contributed by atoms with van der Waals surface area (Å²) in [6.45, 7) is 10.4. The molecule has 0 saturated carbocycles. The molecular formula is C29H37ClN4O3S. The number of aromatic nitrogens is 1. The first-order chi connectivity index (χ1) is 17.7. The van der Waals surface area contributed by atoms with Crippen LogP contribution < -0.4 is 10.2 Å². The smallest absolute Gasteiger partial charge is 0.315 e. The zero-order valence-corrected chi connectivity index (χ0v) is 24.3. The van der Waals surface area contributed by atoms with Gasteiger partial charge in [-0.3, -0.25) is 14.1 Å². The number of nitrogens with one attached hydrogen (secondary N) is 1. The van der Waals surface area contributed by atoms with Crippen molar-refractivity contribution in [1.29, 1.82) is 0 Å². The SMILES string of the molecule is CCC(C)(C)C(=O)OC[N+]1(CCc2cc3c(cc2Cl)NC(=O)C3)CCN(c2nsc3ccccc23)CC1.[CH3-]. The molecule has 1 saturated heterocycles. The van der Waals surface area contributed by atoms with Gasteiger partial charge in [0.25, 0.3) is 0 Å². The fraction of sp³-hybridized carbons (Fsp3) is 0.448. The molecule has 3 aromatic rings. The number of carbonyl (C=O) groups is 2. The summed E-state index contributed by atoms with van der Waals surface area (Å²) in [5.74, 6) is 0.893. The molecule has 38 heavy (non-hydrogen) atoms. The Balaban J connectivity index is 0.00000336. The van der Waals surface area contributed by atoms with Crippen molar-refractivity contribution in [2.45, 2.75) is 40.0 Å². The van der Waals surface area contributed by atoms with Gasteiger partial charge in [0.2, 0.25) is 12.6 Å². The Bertz CT molecular complexity index is 1330. The first kappa shape index (κ1) is 28.3. The number of esters is 1. The van der Waals surface area contributed by atoms with Gasteiger partial charge in [-0.15, -0.1) is 0 Å². The lowest BCUT2D eigenvalue weighted by Crippen LogP contribution is -2.61. The van der Waals surface area contributed by atoms with E-state index in [2.05, 4.69) is 34.5 Å². The van der Waals surface area contributed by atoms with Crippen LogP contribution in [-0.2, 0) is 27.2 Å². The van der Waals surface area contributed by atoms with Crippen molar-refractivity contribution in [3.8, 4) is 0 Å². The van der Waals surface area contributed by atoms with Gasteiger partial charge in [-0.05, 0) is 61.1 Å². The standard InChI is InChI=1S/C28H33ClN4O3S.CH3/c1-4-28(2,3)27(35)36-18-33(12-9-19-15-20-16-25(34)30-23(20)17-22(19)29)13-10-32(11-14-33)26-21-7-5-6-8-24(21)37-31-26;/h5-8,15,17H,4,9-14,16,18H2,1-3H3;1H3/q;-1/p+1. The van der Waals surface area contributed by atoms with E-state index >= 15 is 0 Å². The van der Waals surface area contributed by atoms with Crippen LogP contribution in [0.1, 0.15) is 38.3 Å². The van der Waals surface area contributed by atoms with Crippen molar-refractivity contribution in [3.63, 3.8) is 0 Å². The number of amides is 1. The summed E-state index contributed by atoms with van der Waals surface area (Å²) in [6.07, 6.45) is 1.86. The minimum Gasteiger partial charge on any atom is -0.415 e. The summed E-state index contributed by atoms with van der Waals surface area (Å²) in [7, 11) is 0. The van der Waals surface area contributed by atoms with Gasteiger partial charge in [-0.25, -0.2) is 0 Å². The minimum absolute atomic E-state index is 0. The number of quaternary nitrogens is 1. The molecule has 2 aliphatic rings. The first-order valence-electron chi connectivity index (χ1n) is 12.9. The fourth-order valence-corrected chi connectivity index (χ4v) is 6.06. The summed E-state index contributed by atoms with van der Waals surface area (Å²) >= 11 is 8.15.